The van der Waals surface area contributed by atoms with Crippen LogP contribution in [-0.2, 0) is 4.79 Å². The zero-order chi connectivity index (χ0) is 12.3. The summed E-state index contributed by atoms with van der Waals surface area (Å²) in [4.78, 5) is 10.5. The van der Waals surface area contributed by atoms with Gasteiger partial charge in [0, 0.05) is 16.1 Å². The maximum atomic E-state index is 13.8. The summed E-state index contributed by atoms with van der Waals surface area (Å²) in [6.07, 6.45) is -0.345. The monoisotopic (exact) mass is 291 g/mol. The highest BCUT2D eigenvalue weighted by Crippen LogP contribution is 2.32. The van der Waals surface area contributed by atoms with Crippen molar-refractivity contribution in [2.45, 2.75) is 12.5 Å². The van der Waals surface area contributed by atoms with E-state index in [1.807, 2.05) is 0 Å². The molecule has 0 heterocycles. The van der Waals surface area contributed by atoms with Crippen LogP contribution in [0.4, 0.5) is 4.39 Å². The van der Waals surface area contributed by atoms with E-state index in [1.54, 1.807) is 6.07 Å². The number of methoxy groups -OCH3 is 1. The fourth-order valence-corrected chi connectivity index (χ4v) is 1.94. The van der Waals surface area contributed by atoms with Crippen molar-refractivity contribution >= 4 is 21.9 Å². The van der Waals surface area contributed by atoms with Gasteiger partial charge in [-0.15, -0.1) is 0 Å². The fourth-order valence-electron chi connectivity index (χ4n) is 1.34. The minimum absolute atomic E-state index is 0.0408. The summed E-state index contributed by atoms with van der Waals surface area (Å²) in [6, 6.07) is 2.09. The molecule has 0 aliphatic rings. The first-order chi connectivity index (χ1) is 7.47. The van der Waals surface area contributed by atoms with Crippen molar-refractivity contribution in [2.75, 3.05) is 7.11 Å². The Morgan fingerprint density at radius 1 is 1.69 bits per heavy atom. The number of ether oxygens (including phenoxy) is 1. The van der Waals surface area contributed by atoms with Crippen molar-refractivity contribution in [1.82, 2.24) is 0 Å². The molecule has 0 bridgehead atoms. The second kappa shape index (κ2) is 5.27. The molecule has 88 valence electrons. The van der Waals surface area contributed by atoms with E-state index in [2.05, 4.69) is 15.9 Å². The number of aliphatic carboxylic acids is 1. The lowest BCUT2D eigenvalue weighted by Gasteiger charge is -2.14. The Morgan fingerprint density at radius 3 is 2.81 bits per heavy atom. The Bertz CT molecular complexity index is 411. The van der Waals surface area contributed by atoms with Gasteiger partial charge in [0.25, 0.3) is 0 Å². The number of hydrogen-bond acceptors (Lipinski definition) is 3. The molecular weight excluding hydrogens is 281 g/mol. The average Bonchev–Trinajstić information content (AvgIpc) is 2.16. The number of carbonyl (C=O) groups is 1. The normalized spacial score (nSPS) is 12.2. The van der Waals surface area contributed by atoms with Gasteiger partial charge in [0.05, 0.1) is 13.5 Å². The molecule has 1 aromatic carbocycles. The number of carboxylic acids is 1. The summed E-state index contributed by atoms with van der Waals surface area (Å²) in [5.41, 5.74) is 5.73. The molecular formula is C10H11BrFNO3. The van der Waals surface area contributed by atoms with E-state index in [0.717, 1.165) is 0 Å². The molecule has 1 unspecified atom stereocenters. The summed E-state index contributed by atoms with van der Waals surface area (Å²) >= 11 is 3.13. The molecule has 0 fully saturated rings. The van der Waals surface area contributed by atoms with Gasteiger partial charge >= 0.3 is 5.97 Å². The number of carboxylic acid groups (broad SMARTS) is 1. The van der Waals surface area contributed by atoms with Gasteiger partial charge in [0.15, 0.2) is 11.6 Å². The average molecular weight is 292 g/mol. The number of nitrogens with two attached hydrogens (primary N) is 1. The van der Waals surface area contributed by atoms with Gasteiger partial charge < -0.3 is 15.6 Å². The zero-order valence-electron chi connectivity index (χ0n) is 8.54. The van der Waals surface area contributed by atoms with E-state index in [9.17, 15) is 9.18 Å². The molecule has 0 aliphatic heterocycles. The van der Waals surface area contributed by atoms with Crippen molar-refractivity contribution < 1.29 is 19.0 Å². The van der Waals surface area contributed by atoms with Crippen LogP contribution >= 0.6 is 15.9 Å². The largest absolute Gasteiger partial charge is 0.494 e. The molecule has 3 N–H and O–H groups in total. The minimum Gasteiger partial charge on any atom is -0.494 e. The number of halogens is 2. The van der Waals surface area contributed by atoms with E-state index in [1.165, 1.54) is 13.2 Å². The lowest BCUT2D eigenvalue weighted by molar-refractivity contribution is -0.137. The van der Waals surface area contributed by atoms with Gasteiger partial charge in [-0.1, -0.05) is 15.9 Å². The molecule has 0 radical (unpaired) electrons. The highest BCUT2D eigenvalue weighted by Gasteiger charge is 2.20. The highest BCUT2D eigenvalue weighted by atomic mass is 79.9. The third-order valence-electron chi connectivity index (χ3n) is 2.08. The fraction of sp³-hybridized carbons (Fsp3) is 0.300. The van der Waals surface area contributed by atoms with Crippen LogP contribution in [0.25, 0.3) is 0 Å². The van der Waals surface area contributed by atoms with E-state index < -0.39 is 17.8 Å². The summed E-state index contributed by atoms with van der Waals surface area (Å²) in [5, 5.41) is 8.60. The summed E-state index contributed by atoms with van der Waals surface area (Å²) in [7, 11) is 1.33. The van der Waals surface area contributed by atoms with Crippen molar-refractivity contribution in [3.8, 4) is 5.75 Å². The SMILES string of the molecule is COc1ccc(Br)c(C(N)CC(=O)O)c1F. The summed E-state index contributed by atoms with van der Waals surface area (Å²) in [6.45, 7) is 0. The van der Waals surface area contributed by atoms with Crippen molar-refractivity contribution in [1.29, 1.82) is 0 Å². The first-order valence-corrected chi connectivity index (χ1v) is 5.26. The van der Waals surface area contributed by atoms with Gasteiger partial charge in [-0.3, -0.25) is 4.79 Å². The lowest BCUT2D eigenvalue weighted by Crippen LogP contribution is -2.17. The van der Waals surface area contributed by atoms with Crippen LogP contribution < -0.4 is 10.5 Å². The molecule has 0 amide bonds. The number of hydrogen-bond donors (Lipinski definition) is 2. The number of benzene rings is 1. The summed E-state index contributed by atoms with van der Waals surface area (Å²) < 4.78 is 19.0. The zero-order valence-corrected chi connectivity index (χ0v) is 10.1. The Balaban J connectivity index is 3.15. The van der Waals surface area contributed by atoms with E-state index in [0.29, 0.717) is 4.47 Å². The Hall–Kier alpha value is -1.14. The molecule has 0 saturated carbocycles. The third-order valence-corrected chi connectivity index (χ3v) is 2.77. The predicted molar refractivity (Wildman–Crippen MR) is 59.8 cm³/mol. The molecule has 0 aliphatic carbocycles. The molecule has 1 rings (SSSR count). The highest BCUT2D eigenvalue weighted by molar-refractivity contribution is 9.10. The maximum Gasteiger partial charge on any atom is 0.305 e. The third kappa shape index (κ3) is 2.70. The summed E-state index contributed by atoms with van der Waals surface area (Å²) in [5.74, 6) is -1.67. The smallest absolute Gasteiger partial charge is 0.305 e. The van der Waals surface area contributed by atoms with Crippen LogP contribution in [0.5, 0.6) is 5.75 Å². The van der Waals surface area contributed by atoms with Crippen LogP contribution in [0.15, 0.2) is 16.6 Å². The Kier molecular flexibility index (Phi) is 4.26. The van der Waals surface area contributed by atoms with E-state index in [4.69, 9.17) is 15.6 Å². The van der Waals surface area contributed by atoms with Crippen molar-refractivity contribution in [3.05, 3.63) is 28.0 Å². The molecule has 6 heteroatoms. The van der Waals surface area contributed by atoms with Crippen LogP contribution in [0.3, 0.4) is 0 Å². The van der Waals surface area contributed by atoms with Crippen LogP contribution in [0.1, 0.15) is 18.0 Å². The second-order valence-corrected chi connectivity index (χ2v) is 4.04. The van der Waals surface area contributed by atoms with Crippen molar-refractivity contribution in [3.63, 3.8) is 0 Å². The lowest BCUT2D eigenvalue weighted by atomic mass is 10.0. The van der Waals surface area contributed by atoms with Gasteiger partial charge in [-0.05, 0) is 12.1 Å². The molecule has 0 aromatic heterocycles. The first-order valence-electron chi connectivity index (χ1n) is 4.46. The molecule has 0 spiro atoms. The van der Waals surface area contributed by atoms with Gasteiger partial charge in [-0.25, -0.2) is 4.39 Å². The van der Waals surface area contributed by atoms with Gasteiger partial charge in [-0.2, -0.15) is 0 Å². The standard InChI is InChI=1S/C10H11BrFNO3/c1-16-7-3-2-5(11)9(10(7)12)6(13)4-8(14)15/h2-3,6H,4,13H2,1H3,(H,14,15). The Morgan fingerprint density at radius 2 is 2.31 bits per heavy atom. The molecule has 0 saturated heterocycles. The molecule has 16 heavy (non-hydrogen) atoms. The van der Waals surface area contributed by atoms with Crippen LogP contribution in [0, 0.1) is 5.82 Å². The van der Waals surface area contributed by atoms with Crippen molar-refractivity contribution in [2.24, 2.45) is 5.73 Å². The van der Waals surface area contributed by atoms with E-state index >= 15 is 0 Å². The Labute approximate surface area is 100 Å². The number of rotatable bonds is 4. The molecule has 1 atom stereocenters. The van der Waals surface area contributed by atoms with Crippen LogP contribution in [0.2, 0.25) is 0 Å². The maximum absolute atomic E-state index is 13.8. The minimum atomic E-state index is -1.08. The predicted octanol–water partition coefficient (Wildman–Crippen LogP) is 2.07. The van der Waals surface area contributed by atoms with E-state index in [-0.39, 0.29) is 17.7 Å². The topological polar surface area (TPSA) is 72.5 Å². The first kappa shape index (κ1) is 12.9. The quantitative estimate of drug-likeness (QED) is 0.891. The molecule has 4 nitrogen and oxygen atoms in total. The second-order valence-electron chi connectivity index (χ2n) is 3.18. The van der Waals surface area contributed by atoms with Gasteiger partial charge in [0.1, 0.15) is 0 Å². The van der Waals surface area contributed by atoms with Gasteiger partial charge in [0.2, 0.25) is 0 Å². The van der Waals surface area contributed by atoms with Crippen LogP contribution in [-0.4, -0.2) is 18.2 Å². The molecule has 1 aromatic rings.